The lowest BCUT2D eigenvalue weighted by Gasteiger charge is -2.57. The van der Waals surface area contributed by atoms with Crippen molar-refractivity contribution < 1.29 is 17.9 Å². The number of benzene rings is 1. The van der Waals surface area contributed by atoms with E-state index in [2.05, 4.69) is 5.32 Å². The second-order valence-corrected chi connectivity index (χ2v) is 12.0. The fourth-order valence-electron chi connectivity index (χ4n) is 7.03. The van der Waals surface area contributed by atoms with Crippen LogP contribution in [0.2, 0.25) is 0 Å². The highest BCUT2D eigenvalue weighted by atomic mass is 32.2. The molecule has 5 fully saturated rings. The number of sulfonamides is 1. The van der Waals surface area contributed by atoms with Crippen LogP contribution in [0, 0.1) is 23.7 Å². The van der Waals surface area contributed by atoms with Gasteiger partial charge in [0.1, 0.15) is 10.6 Å². The third-order valence-electron chi connectivity index (χ3n) is 7.85. The predicted molar refractivity (Wildman–Crippen MR) is 114 cm³/mol. The van der Waals surface area contributed by atoms with Crippen molar-refractivity contribution in [3.05, 3.63) is 24.3 Å². The van der Waals surface area contributed by atoms with Crippen molar-refractivity contribution in [1.82, 2.24) is 9.62 Å². The number of carbonyl (C=O) groups excluding carboxylic acids is 1. The first-order chi connectivity index (χ1) is 14.4. The molecule has 1 atom stereocenters. The van der Waals surface area contributed by atoms with Gasteiger partial charge in [0.15, 0.2) is 0 Å². The van der Waals surface area contributed by atoms with E-state index in [9.17, 15) is 13.2 Å². The molecule has 4 aliphatic carbocycles. The third-order valence-corrected chi connectivity index (χ3v) is 9.76. The van der Waals surface area contributed by atoms with Crippen molar-refractivity contribution in [2.24, 2.45) is 23.7 Å². The Morgan fingerprint density at radius 1 is 1.13 bits per heavy atom. The molecule has 7 heteroatoms. The minimum atomic E-state index is -3.62. The van der Waals surface area contributed by atoms with Crippen LogP contribution in [0.4, 0.5) is 0 Å². The van der Waals surface area contributed by atoms with Gasteiger partial charge < -0.3 is 10.1 Å². The maximum atomic E-state index is 13.1. The summed E-state index contributed by atoms with van der Waals surface area (Å²) in [6.07, 6.45) is 8.63. The van der Waals surface area contributed by atoms with Gasteiger partial charge in [-0.3, -0.25) is 4.79 Å². The van der Waals surface area contributed by atoms with E-state index in [0.29, 0.717) is 25.3 Å². The SMILES string of the molecule is COc1ccccc1S(=O)(=O)N1CCC(CC(=O)NC23CC4CC(CC(C4)C2)C3)C1. The molecule has 0 aromatic heterocycles. The molecule has 0 spiro atoms. The molecule has 1 saturated heterocycles. The van der Waals surface area contributed by atoms with E-state index in [4.69, 9.17) is 4.74 Å². The molecular formula is C23H32N2O4S. The lowest BCUT2D eigenvalue weighted by atomic mass is 9.53. The molecule has 1 aromatic rings. The topological polar surface area (TPSA) is 75.7 Å². The molecule has 1 N–H and O–H groups in total. The summed E-state index contributed by atoms with van der Waals surface area (Å²) in [6.45, 7) is 0.852. The highest BCUT2D eigenvalue weighted by molar-refractivity contribution is 7.89. The average molecular weight is 433 g/mol. The maximum Gasteiger partial charge on any atom is 0.246 e. The molecule has 4 saturated carbocycles. The first-order valence-electron chi connectivity index (χ1n) is 11.3. The van der Waals surface area contributed by atoms with Crippen LogP contribution in [-0.4, -0.2) is 44.4 Å². The third kappa shape index (κ3) is 3.64. The van der Waals surface area contributed by atoms with Gasteiger partial charge in [0.2, 0.25) is 15.9 Å². The Hall–Kier alpha value is -1.60. The first kappa shape index (κ1) is 20.3. The summed E-state index contributed by atoms with van der Waals surface area (Å²) < 4.78 is 32.9. The Bertz CT molecular complexity index is 894. The zero-order valence-electron chi connectivity index (χ0n) is 17.7. The van der Waals surface area contributed by atoms with Gasteiger partial charge in [-0.05, 0) is 80.8 Å². The summed E-state index contributed by atoms with van der Waals surface area (Å²) in [6, 6.07) is 6.72. The molecule has 6 nitrogen and oxygen atoms in total. The molecule has 164 valence electrons. The van der Waals surface area contributed by atoms with Gasteiger partial charge in [-0.25, -0.2) is 8.42 Å². The van der Waals surface area contributed by atoms with E-state index in [1.165, 1.54) is 30.7 Å². The minimum absolute atomic E-state index is 0.0214. The number of para-hydroxylation sites is 1. The van der Waals surface area contributed by atoms with Crippen LogP contribution in [0.3, 0.4) is 0 Å². The Balaban J connectivity index is 1.21. The molecular weight excluding hydrogens is 400 g/mol. The zero-order valence-corrected chi connectivity index (χ0v) is 18.5. The van der Waals surface area contributed by atoms with E-state index in [0.717, 1.165) is 43.4 Å². The number of hydrogen-bond donors (Lipinski definition) is 1. The average Bonchev–Trinajstić information content (AvgIpc) is 3.15. The van der Waals surface area contributed by atoms with Crippen molar-refractivity contribution in [3.8, 4) is 5.75 Å². The standard InChI is InChI=1S/C23H32N2O4S/c1-29-20-4-2-3-5-21(20)30(27,28)25-7-6-16(15-25)11-22(26)24-23-12-17-8-18(13-23)10-19(9-17)14-23/h2-5,16-19H,6-15H2,1H3,(H,24,26). The number of amides is 1. The number of nitrogens with one attached hydrogen (secondary N) is 1. The van der Waals surface area contributed by atoms with Gasteiger partial charge in [0, 0.05) is 25.0 Å². The number of hydrogen-bond acceptors (Lipinski definition) is 4. The molecule has 6 rings (SSSR count). The molecule has 1 aromatic carbocycles. The number of ether oxygens (including phenoxy) is 1. The molecule has 5 aliphatic rings. The Morgan fingerprint density at radius 3 is 2.40 bits per heavy atom. The zero-order chi connectivity index (χ0) is 20.9. The quantitative estimate of drug-likeness (QED) is 0.749. The highest BCUT2D eigenvalue weighted by Crippen LogP contribution is 2.55. The second-order valence-electron chi connectivity index (χ2n) is 10.1. The molecule has 1 aliphatic heterocycles. The summed E-state index contributed by atoms with van der Waals surface area (Å²) in [5.74, 6) is 2.93. The second kappa shape index (κ2) is 7.52. The Labute approximate surface area is 179 Å². The van der Waals surface area contributed by atoms with Gasteiger partial charge >= 0.3 is 0 Å². The lowest BCUT2D eigenvalue weighted by molar-refractivity contribution is -0.127. The normalized spacial score (nSPS) is 35.5. The van der Waals surface area contributed by atoms with Crippen LogP contribution in [0.1, 0.15) is 51.4 Å². The number of nitrogens with zero attached hydrogens (tertiary/aromatic N) is 1. The smallest absolute Gasteiger partial charge is 0.246 e. The van der Waals surface area contributed by atoms with E-state index >= 15 is 0 Å². The van der Waals surface area contributed by atoms with E-state index in [-0.39, 0.29) is 22.3 Å². The van der Waals surface area contributed by atoms with Crippen LogP contribution < -0.4 is 10.1 Å². The summed E-state index contributed by atoms with van der Waals surface area (Å²) >= 11 is 0. The summed E-state index contributed by atoms with van der Waals surface area (Å²) in [5.41, 5.74) is 0.0214. The maximum absolute atomic E-state index is 13.1. The Kier molecular flexibility index (Phi) is 5.09. The molecule has 4 bridgehead atoms. The first-order valence-corrected chi connectivity index (χ1v) is 12.7. The molecule has 1 heterocycles. The van der Waals surface area contributed by atoms with E-state index in [1.807, 2.05) is 0 Å². The lowest BCUT2D eigenvalue weighted by Crippen LogP contribution is -2.60. The van der Waals surface area contributed by atoms with Crippen LogP contribution in [-0.2, 0) is 14.8 Å². The largest absolute Gasteiger partial charge is 0.495 e. The molecule has 1 amide bonds. The monoisotopic (exact) mass is 432 g/mol. The van der Waals surface area contributed by atoms with Crippen molar-refractivity contribution in [1.29, 1.82) is 0 Å². The van der Waals surface area contributed by atoms with Crippen molar-refractivity contribution in [2.75, 3.05) is 20.2 Å². The molecule has 30 heavy (non-hydrogen) atoms. The number of methoxy groups -OCH3 is 1. The van der Waals surface area contributed by atoms with E-state index < -0.39 is 10.0 Å². The van der Waals surface area contributed by atoms with Crippen LogP contribution in [0.5, 0.6) is 5.75 Å². The van der Waals surface area contributed by atoms with Gasteiger partial charge in [-0.15, -0.1) is 0 Å². The predicted octanol–water partition coefficient (Wildman–Crippen LogP) is 3.18. The van der Waals surface area contributed by atoms with Crippen molar-refractivity contribution in [3.63, 3.8) is 0 Å². The number of carbonyl (C=O) groups is 1. The fourth-order valence-corrected chi connectivity index (χ4v) is 8.71. The van der Waals surface area contributed by atoms with Gasteiger partial charge in [-0.2, -0.15) is 4.31 Å². The fraction of sp³-hybridized carbons (Fsp3) is 0.696. The van der Waals surface area contributed by atoms with Crippen molar-refractivity contribution >= 4 is 15.9 Å². The highest BCUT2D eigenvalue weighted by Gasteiger charge is 2.51. The number of rotatable bonds is 6. The van der Waals surface area contributed by atoms with Crippen LogP contribution in [0.25, 0.3) is 0 Å². The van der Waals surface area contributed by atoms with Crippen molar-refractivity contribution in [2.45, 2.75) is 61.8 Å². The minimum Gasteiger partial charge on any atom is -0.495 e. The summed E-state index contributed by atoms with van der Waals surface area (Å²) in [5, 5.41) is 3.43. The van der Waals surface area contributed by atoms with Crippen LogP contribution in [0.15, 0.2) is 29.2 Å². The van der Waals surface area contributed by atoms with Gasteiger partial charge in [0.05, 0.1) is 7.11 Å². The Morgan fingerprint density at radius 2 is 1.77 bits per heavy atom. The van der Waals surface area contributed by atoms with Crippen LogP contribution >= 0.6 is 0 Å². The summed E-state index contributed by atoms with van der Waals surface area (Å²) in [7, 11) is -2.14. The van der Waals surface area contributed by atoms with E-state index in [1.54, 1.807) is 24.3 Å². The van der Waals surface area contributed by atoms with Gasteiger partial charge in [-0.1, -0.05) is 12.1 Å². The molecule has 0 radical (unpaired) electrons. The summed E-state index contributed by atoms with van der Waals surface area (Å²) in [4.78, 5) is 13.1. The van der Waals surface area contributed by atoms with Gasteiger partial charge in [0.25, 0.3) is 0 Å². The molecule has 1 unspecified atom stereocenters.